The third kappa shape index (κ3) is 3.59. The molecule has 0 bridgehead atoms. The number of carbonyl (C=O) groups is 1. The molecule has 2 aromatic carbocycles. The van der Waals surface area contributed by atoms with Crippen LogP contribution in [-0.2, 0) is 13.1 Å². The molecular weight excluding hydrogens is 380 g/mol. The van der Waals surface area contributed by atoms with E-state index in [0.717, 1.165) is 10.3 Å². The van der Waals surface area contributed by atoms with Crippen LogP contribution in [0.15, 0.2) is 60.8 Å². The molecule has 4 rings (SSSR count). The molecule has 7 heteroatoms. The lowest BCUT2D eigenvalue weighted by Gasteiger charge is -2.19. The molecule has 2 aromatic heterocycles. The first-order valence-electron chi connectivity index (χ1n) is 8.60. The highest BCUT2D eigenvalue weighted by Crippen LogP contribution is 2.34. The SMILES string of the molecule is CCn1ccc(C(=O)N(Cc2ccccc2)c2nc3c(Cl)cccc3s2)n1. The number of halogens is 1. The van der Waals surface area contributed by atoms with E-state index in [1.54, 1.807) is 21.7 Å². The summed E-state index contributed by atoms with van der Waals surface area (Å²) in [6.45, 7) is 3.11. The van der Waals surface area contributed by atoms with E-state index in [1.165, 1.54) is 11.3 Å². The lowest BCUT2D eigenvalue weighted by molar-refractivity contribution is 0.0979. The zero-order chi connectivity index (χ0) is 18.8. The molecular formula is C20H17ClN4OS. The van der Waals surface area contributed by atoms with Crippen LogP contribution >= 0.6 is 22.9 Å². The molecule has 0 saturated carbocycles. The maximum absolute atomic E-state index is 13.2. The Kier molecular flexibility index (Phi) is 4.92. The van der Waals surface area contributed by atoms with E-state index < -0.39 is 0 Å². The summed E-state index contributed by atoms with van der Waals surface area (Å²) in [5, 5.41) is 5.55. The molecule has 4 aromatic rings. The Bertz CT molecular complexity index is 1090. The van der Waals surface area contributed by atoms with Crippen LogP contribution in [-0.4, -0.2) is 20.7 Å². The first-order valence-corrected chi connectivity index (χ1v) is 9.79. The minimum atomic E-state index is -0.179. The molecule has 27 heavy (non-hydrogen) atoms. The van der Waals surface area contributed by atoms with E-state index >= 15 is 0 Å². The molecule has 0 aliphatic carbocycles. The first kappa shape index (κ1) is 17.7. The summed E-state index contributed by atoms with van der Waals surface area (Å²) in [6.07, 6.45) is 1.81. The molecule has 0 saturated heterocycles. The number of para-hydroxylation sites is 1. The average molecular weight is 397 g/mol. The third-order valence-electron chi connectivity index (χ3n) is 4.20. The molecule has 1 amide bonds. The number of aryl methyl sites for hydroxylation is 1. The summed E-state index contributed by atoms with van der Waals surface area (Å²) < 4.78 is 2.69. The molecule has 0 atom stereocenters. The smallest absolute Gasteiger partial charge is 0.278 e. The third-order valence-corrected chi connectivity index (χ3v) is 5.55. The molecule has 0 aliphatic heterocycles. The molecule has 0 aliphatic rings. The van der Waals surface area contributed by atoms with Crippen molar-refractivity contribution in [3.8, 4) is 0 Å². The molecule has 0 radical (unpaired) electrons. The second-order valence-corrected chi connectivity index (χ2v) is 7.43. The van der Waals surface area contributed by atoms with Gasteiger partial charge in [0.15, 0.2) is 10.8 Å². The molecule has 0 unspecified atom stereocenters. The van der Waals surface area contributed by atoms with Gasteiger partial charge < -0.3 is 0 Å². The molecule has 0 N–H and O–H groups in total. The molecule has 0 spiro atoms. The highest BCUT2D eigenvalue weighted by atomic mass is 35.5. The summed E-state index contributed by atoms with van der Waals surface area (Å²) in [6, 6.07) is 17.2. The van der Waals surface area contributed by atoms with Crippen molar-refractivity contribution in [3.05, 3.63) is 77.1 Å². The highest BCUT2D eigenvalue weighted by Gasteiger charge is 2.24. The van der Waals surface area contributed by atoms with Crippen LogP contribution in [0, 0.1) is 0 Å². The van der Waals surface area contributed by atoms with Crippen molar-refractivity contribution in [2.24, 2.45) is 0 Å². The van der Waals surface area contributed by atoms with Gasteiger partial charge in [-0.2, -0.15) is 5.10 Å². The van der Waals surface area contributed by atoms with Gasteiger partial charge in [-0.3, -0.25) is 14.4 Å². The Labute approximate surface area is 165 Å². The second kappa shape index (κ2) is 7.50. The van der Waals surface area contributed by atoms with Crippen molar-refractivity contribution in [1.82, 2.24) is 14.8 Å². The lowest BCUT2D eigenvalue weighted by Crippen LogP contribution is -2.30. The number of amides is 1. The van der Waals surface area contributed by atoms with E-state index in [9.17, 15) is 4.79 Å². The molecule has 136 valence electrons. The predicted octanol–water partition coefficient (Wildman–Crippen LogP) is 5.01. The Hall–Kier alpha value is -2.70. The number of benzene rings is 2. The van der Waals surface area contributed by atoms with Crippen molar-refractivity contribution in [2.75, 3.05) is 4.90 Å². The Morgan fingerprint density at radius 1 is 1.15 bits per heavy atom. The predicted molar refractivity (Wildman–Crippen MR) is 109 cm³/mol. The summed E-state index contributed by atoms with van der Waals surface area (Å²) >= 11 is 7.73. The van der Waals surface area contributed by atoms with E-state index in [-0.39, 0.29) is 5.91 Å². The van der Waals surface area contributed by atoms with Crippen molar-refractivity contribution in [3.63, 3.8) is 0 Å². The molecule has 0 fully saturated rings. The zero-order valence-electron chi connectivity index (χ0n) is 14.7. The number of hydrogen-bond acceptors (Lipinski definition) is 4. The number of aromatic nitrogens is 3. The Balaban J connectivity index is 1.76. The van der Waals surface area contributed by atoms with E-state index in [1.807, 2.05) is 55.6 Å². The number of anilines is 1. The largest absolute Gasteiger partial charge is 0.280 e. The summed E-state index contributed by atoms with van der Waals surface area (Å²) in [4.78, 5) is 19.5. The number of carbonyl (C=O) groups excluding carboxylic acids is 1. The van der Waals surface area contributed by atoms with Gasteiger partial charge in [0.25, 0.3) is 5.91 Å². The summed E-state index contributed by atoms with van der Waals surface area (Å²) in [5.74, 6) is -0.179. The number of hydrogen-bond donors (Lipinski definition) is 0. The minimum Gasteiger partial charge on any atom is -0.278 e. The Morgan fingerprint density at radius 3 is 2.67 bits per heavy atom. The Morgan fingerprint density at radius 2 is 1.96 bits per heavy atom. The second-order valence-electron chi connectivity index (χ2n) is 6.02. The normalized spacial score (nSPS) is 11.0. The molecule has 5 nitrogen and oxygen atoms in total. The number of rotatable bonds is 5. The lowest BCUT2D eigenvalue weighted by atomic mass is 10.2. The summed E-state index contributed by atoms with van der Waals surface area (Å²) in [5.41, 5.74) is 2.13. The van der Waals surface area contributed by atoms with Gasteiger partial charge in [-0.1, -0.05) is 59.3 Å². The monoisotopic (exact) mass is 396 g/mol. The van der Waals surface area contributed by atoms with E-state index in [2.05, 4.69) is 10.1 Å². The average Bonchev–Trinajstić information content (AvgIpc) is 3.34. The summed E-state index contributed by atoms with van der Waals surface area (Å²) in [7, 11) is 0. The maximum Gasteiger partial charge on any atom is 0.280 e. The number of thiazole rings is 1. The van der Waals surface area contributed by atoms with Gasteiger partial charge in [0.2, 0.25) is 0 Å². The first-order chi connectivity index (χ1) is 13.2. The van der Waals surface area contributed by atoms with E-state index in [4.69, 9.17) is 11.6 Å². The van der Waals surface area contributed by atoms with Gasteiger partial charge in [-0.25, -0.2) is 4.98 Å². The van der Waals surface area contributed by atoms with Crippen molar-refractivity contribution >= 4 is 44.2 Å². The fraction of sp³-hybridized carbons (Fsp3) is 0.150. The van der Waals surface area contributed by atoms with Crippen molar-refractivity contribution in [1.29, 1.82) is 0 Å². The fourth-order valence-electron chi connectivity index (χ4n) is 2.80. The number of nitrogens with zero attached hydrogens (tertiary/aromatic N) is 4. The molecule has 2 heterocycles. The van der Waals surface area contributed by atoms with Gasteiger partial charge in [0, 0.05) is 12.7 Å². The van der Waals surface area contributed by atoms with Crippen LogP contribution in [0.4, 0.5) is 5.13 Å². The van der Waals surface area contributed by atoms with E-state index in [0.29, 0.717) is 34.5 Å². The topological polar surface area (TPSA) is 51.0 Å². The van der Waals surface area contributed by atoms with Gasteiger partial charge in [0.1, 0.15) is 5.52 Å². The van der Waals surface area contributed by atoms with Crippen LogP contribution in [0.1, 0.15) is 23.0 Å². The van der Waals surface area contributed by atoms with Crippen LogP contribution in [0.5, 0.6) is 0 Å². The van der Waals surface area contributed by atoms with Crippen molar-refractivity contribution in [2.45, 2.75) is 20.0 Å². The highest BCUT2D eigenvalue weighted by molar-refractivity contribution is 7.22. The number of fused-ring (bicyclic) bond motifs is 1. The van der Waals surface area contributed by atoms with Crippen molar-refractivity contribution < 1.29 is 4.79 Å². The van der Waals surface area contributed by atoms with Gasteiger partial charge in [-0.05, 0) is 30.7 Å². The van der Waals surface area contributed by atoms with Crippen LogP contribution in [0.3, 0.4) is 0 Å². The minimum absolute atomic E-state index is 0.179. The quantitative estimate of drug-likeness (QED) is 0.476. The van der Waals surface area contributed by atoms with Gasteiger partial charge >= 0.3 is 0 Å². The van der Waals surface area contributed by atoms with Gasteiger partial charge in [-0.15, -0.1) is 0 Å². The van der Waals surface area contributed by atoms with Gasteiger partial charge in [0.05, 0.1) is 16.3 Å². The maximum atomic E-state index is 13.2. The van der Waals surface area contributed by atoms with Crippen LogP contribution < -0.4 is 4.90 Å². The van der Waals surface area contributed by atoms with Crippen LogP contribution in [0.25, 0.3) is 10.2 Å². The van der Waals surface area contributed by atoms with Crippen LogP contribution in [0.2, 0.25) is 5.02 Å². The zero-order valence-corrected chi connectivity index (χ0v) is 16.2. The standard InChI is InChI=1S/C20H17ClN4OS/c1-2-24-12-11-16(23-24)19(26)25(13-14-7-4-3-5-8-14)20-22-18-15(21)9-6-10-17(18)27-20/h3-12H,2,13H2,1H3. The fourth-order valence-corrected chi connectivity index (χ4v) is 4.06.